The number of hydrogen-bond donors (Lipinski definition) is 1. The maximum Gasteiger partial charge on any atom is 0.0781 e. The first-order valence-electron chi connectivity index (χ1n) is 15.6. The lowest BCUT2D eigenvalue weighted by Gasteiger charge is -2.58. The first-order chi connectivity index (χ1) is 18.0. The lowest BCUT2D eigenvalue weighted by molar-refractivity contribution is -0.0417. The number of aliphatic imine (C=N–C) groups is 1. The van der Waals surface area contributed by atoms with E-state index in [-0.39, 0.29) is 0 Å². The zero-order chi connectivity index (χ0) is 27.2. The summed E-state index contributed by atoms with van der Waals surface area (Å²) in [6.07, 6.45) is 15.3. The Morgan fingerprint density at radius 2 is 1.92 bits per heavy atom. The standard InChI is InChI=1S/C34H53N3S/c1-22(2)37(19-15-31-32(38)14-18-35-31)24(4)21-36-25(5)28-10-11-29-27-9-8-26-20-23(3)12-16-33(26,6)30(27)13-17-34(28,29)7/h20,22,27-31,35H,3-4,8-19,21H2,1-2,5-7H3. The zero-order valence-electron chi connectivity index (χ0n) is 25.0. The highest BCUT2D eigenvalue weighted by atomic mass is 32.1. The van der Waals surface area contributed by atoms with Crippen LogP contribution in [0.25, 0.3) is 0 Å². The highest BCUT2D eigenvalue weighted by Gasteiger charge is 2.59. The van der Waals surface area contributed by atoms with Crippen molar-refractivity contribution in [2.75, 3.05) is 19.6 Å². The summed E-state index contributed by atoms with van der Waals surface area (Å²) in [6.45, 7) is 23.7. The summed E-state index contributed by atoms with van der Waals surface area (Å²) in [5, 5.41) is 3.56. The van der Waals surface area contributed by atoms with Gasteiger partial charge < -0.3 is 10.2 Å². The predicted octanol–water partition coefficient (Wildman–Crippen LogP) is 7.93. The van der Waals surface area contributed by atoms with Gasteiger partial charge in [-0.25, -0.2) is 0 Å². The monoisotopic (exact) mass is 535 g/mol. The van der Waals surface area contributed by atoms with Crippen molar-refractivity contribution in [1.29, 1.82) is 0 Å². The van der Waals surface area contributed by atoms with Crippen LogP contribution in [0.3, 0.4) is 0 Å². The Hall–Kier alpha value is -1.26. The van der Waals surface area contributed by atoms with Crippen molar-refractivity contribution in [3.05, 3.63) is 36.1 Å². The second-order valence-corrected chi connectivity index (χ2v) is 14.7. The molecule has 4 fully saturated rings. The summed E-state index contributed by atoms with van der Waals surface area (Å²) in [4.78, 5) is 8.90. The minimum atomic E-state index is 0.385. The van der Waals surface area contributed by atoms with Crippen LogP contribution in [0.1, 0.15) is 98.8 Å². The van der Waals surface area contributed by atoms with Gasteiger partial charge in [0.2, 0.25) is 0 Å². The number of hydrogen-bond acceptors (Lipinski definition) is 4. The fourth-order valence-corrected chi connectivity index (χ4v) is 10.0. The van der Waals surface area contributed by atoms with E-state index in [1.54, 1.807) is 5.57 Å². The summed E-state index contributed by atoms with van der Waals surface area (Å²) >= 11 is 5.57. The van der Waals surface area contributed by atoms with Gasteiger partial charge in [-0.2, -0.15) is 0 Å². The smallest absolute Gasteiger partial charge is 0.0781 e. The first-order valence-corrected chi connectivity index (χ1v) is 16.1. The SMILES string of the molecule is C=C1C=C2CCC3C(CCC4(C)C(C(C)=NCC(=C)N(CCC5NCCC5=S)C(C)C)CCC34)C2(C)CC1. The van der Waals surface area contributed by atoms with Gasteiger partial charge in [-0.1, -0.05) is 56.4 Å². The average molecular weight is 536 g/mol. The Morgan fingerprint density at radius 1 is 1.13 bits per heavy atom. The van der Waals surface area contributed by atoms with E-state index in [4.69, 9.17) is 17.2 Å². The molecule has 1 N–H and O–H groups in total. The third-order valence-electron chi connectivity index (χ3n) is 11.9. The highest BCUT2D eigenvalue weighted by molar-refractivity contribution is 7.80. The molecule has 0 spiro atoms. The van der Waals surface area contributed by atoms with Crippen molar-refractivity contribution in [3.8, 4) is 0 Å². The van der Waals surface area contributed by atoms with E-state index in [2.05, 4.69) is 64.1 Å². The summed E-state index contributed by atoms with van der Waals surface area (Å²) in [5.41, 5.74) is 6.46. The van der Waals surface area contributed by atoms with E-state index in [9.17, 15) is 0 Å². The molecule has 0 aromatic rings. The fraction of sp³-hybridized carbons (Fsp3) is 0.765. The summed E-state index contributed by atoms with van der Waals surface area (Å²) < 4.78 is 0. The molecule has 0 aromatic heterocycles. The number of allylic oxidation sites excluding steroid dienone is 3. The van der Waals surface area contributed by atoms with Crippen molar-refractivity contribution < 1.29 is 0 Å². The number of rotatable bonds is 8. The topological polar surface area (TPSA) is 27.6 Å². The van der Waals surface area contributed by atoms with Crippen LogP contribution in [0.4, 0.5) is 0 Å². The molecule has 7 unspecified atom stereocenters. The van der Waals surface area contributed by atoms with Gasteiger partial charge in [0.25, 0.3) is 0 Å². The van der Waals surface area contributed by atoms with Crippen molar-refractivity contribution in [1.82, 2.24) is 10.2 Å². The van der Waals surface area contributed by atoms with Gasteiger partial charge >= 0.3 is 0 Å². The lowest BCUT2D eigenvalue weighted by atomic mass is 9.46. The minimum absolute atomic E-state index is 0.385. The Balaban J connectivity index is 1.24. The Bertz CT molecular complexity index is 1020. The normalized spacial score (nSPS) is 39.1. The van der Waals surface area contributed by atoms with Gasteiger partial charge in [0.1, 0.15) is 0 Å². The second kappa shape index (κ2) is 11.0. The van der Waals surface area contributed by atoms with Crippen LogP contribution >= 0.6 is 12.2 Å². The van der Waals surface area contributed by atoms with E-state index in [1.807, 2.05) is 0 Å². The van der Waals surface area contributed by atoms with E-state index in [1.165, 1.54) is 67.5 Å². The molecule has 0 aromatic carbocycles. The van der Waals surface area contributed by atoms with E-state index in [0.717, 1.165) is 55.9 Å². The van der Waals surface area contributed by atoms with Gasteiger partial charge in [-0.3, -0.25) is 4.99 Å². The quantitative estimate of drug-likeness (QED) is 0.253. The van der Waals surface area contributed by atoms with Crippen LogP contribution in [0.5, 0.6) is 0 Å². The summed E-state index contributed by atoms with van der Waals surface area (Å²) in [7, 11) is 0. The van der Waals surface area contributed by atoms with Crippen LogP contribution in [0.2, 0.25) is 0 Å². The molecule has 1 saturated heterocycles. The Morgan fingerprint density at radius 3 is 2.63 bits per heavy atom. The minimum Gasteiger partial charge on any atom is -0.371 e. The molecule has 210 valence electrons. The Kier molecular flexibility index (Phi) is 8.15. The molecule has 5 aliphatic rings. The fourth-order valence-electron chi connectivity index (χ4n) is 9.72. The number of nitrogens with one attached hydrogen (secondary N) is 1. The molecule has 0 amide bonds. The van der Waals surface area contributed by atoms with E-state index < -0.39 is 0 Å². The molecule has 3 saturated carbocycles. The molecule has 38 heavy (non-hydrogen) atoms. The number of thiocarbonyl (C=S) groups is 1. The van der Waals surface area contributed by atoms with Crippen molar-refractivity contribution in [2.45, 2.75) is 111 Å². The van der Waals surface area contributed by atoms with Gasteiger partial charge in [-0.05, 0) is 114 Å². The molecular weight excluding hydrogens is 482 g/mol. The van der Waals surface area contributed by atoms with Gasteiger partial charge in [-0.15, -0.1) is 0 Å². The van der Waals surface area contributed by atoms with Crippen LogP contribution < -0.4 is 5.32 Å². The van der Waals surface area contributed by atoms with Gasteiger partial charge in [0, 0.05) is 47.4 Å². The molecular formula is C34H53N3S. The largest absolute Gasteiger partial charge is 0.371 e. The van der Waals surface area contributed by atoms with E-state index in [0.29, 0.717) is 28.8 Å². The van der Waals surface area contributed by atoms with Crippen LogP contribution in [0.15, 0.2) is 41.1 Å². The molecule has 0 radical (unpaired) electrons. The Labute approximate surface area is 238 Å². The van der Waals surface area contributed by atoms with Crippen LogP contribution in [-0.2, 0) is 0 Å². The molecule has 1 heterocycles. The summed E-state index contributed by atoms with van der Waals surface area (Å²) in [6, 6.07) is 0.816. The maximum absolute atomic E-state index is 5.57. The maximum atomic E-state index is 5.57. The van der Waals surface area contributed by atoms with E-state index >= 15 is 0 Å². The average Bonchev–Trinajstić information content (AvgIpc) is 3.45. The van der Waals surface area contributed by atoms with Crippen LogP contribution in [0, 0.1) is 34.5 Å². The molecule has 5 rings (SSSR count). The second-order valence-electron chi connectivity index (χ2n) is 14.2. The molecule has 7 atom stereocenters. The number of nitrogens with zero attached hydrogens (tertiary/aromatic N) is 2. The zero-order valence-corrected chi connectivity index (χ0v) is 25.8. The molecule has 4 aliphatic carbocycles. The van der Waals surface area contributed by atoms with Gasteiger partial charge in [0.15, 0.2) is 0 Å². The third-order valence-corrected chi connectivity index (χ3v) is 12.4. The van der Waals surface area contributed by atoms with Crippen molar-refractivity contribution in [3.63, 3.8) is 0 Å². The summed E-state index contributed by atoms with van der Waals surface area (Å²) in [5.74, 6) is 3.25. The van der Waals surface area contributed by atoms with Crippen molar-refractivity contribution in [2.24, 2.45) is 39.5 Å². The number of fused-ring (bicyclic) bond motifs is 5. The lowest BCUT2D eigenvalue weighted by Crippen LogP contribution is -2.50. The molecule has 1 aliphatic heterocycles. The molecule has 0 bridgehead atoms. The third kappa shape index (κ3) is 5.02. The van der Waals surface area contributed by atoms with Gasteiger partial charge in [0.05, 0.1) is 6.54 Å². The van der Waals surface area contributed by atoms with Crippen LogP contribution in [-0.4, -0.2) is 47.2 Å². The van der Waals surface area contributed by atoms with Crippen molar-refractivity contribution >= 4 is 22.8 Å². The molecule has 3 nitrogen and oxygen atoms in total. The first kappa shape index (κ1) is 28.3. The predicted molar refractivity (Wildman–Crippen MR) is 167 cm³/mol. The molecule has 4 heteroatoms. The highest BCUT2D eigenvalue weighted by Crippen LogP contribution is 2.67.